The summed E-state index contributed by atoms with van der Waals surface area (Å²) in [4.78, 5) is 15.6. The topological polar surface area (TPSA) is 62.2 Å². The standard InChI is InChI=1S/C12H16N2O2/c1-8-2-3-10(4-8)14-12(16)9-5-11(15)7-13-6-9/h5-8,10,15H,2-4H2,1H3,(H,14,16). The lowest BCUT2D eigenvalue weighted by atomic mass is 10.1. The highest BCUT2D eigenvalue weighted by Crippen LogP contribution is 2.24. The average Bonchev–Trinajstić information content (AvgIpc) is 2.64. The summed E-state index contributed by atoms with van der Waals surface area (Å²) in [6.45, 7) is 2.20. The van der Waals surface area contributed by atoms with Crippen molar-refractivity contribution in [1.29, 1.82) is 0 Å². The number of amides is 1. The SMILES string of the molecule is CC1CCC(NC(=O)c2cncc(O)c2)C1. The van der Waals surface area contributed by atoms with E-state index in [4.69, 9.17) is 0 Å². The summed E-state index contributed by atoms with van der Waals surface area (Å²) >= 11 is 0. The van der Waals surface area contributed by atoms with E-state index in [9.17, 15) is 9.90 Å². The van der Waals surface area contributed by atoms with Crippen LogP contribution >= 0.6 is 0 Å². The second-order valence-electron chi connectivity index (χ2n) is 4.52. The minimum absolute atomic E-state index is 0.0208. The van der Waals surface area contributed by atoms with Crippen LogP contribution in [0.4, 0.5) is 0 Å². The number of nitrogens with one attached hydrogen (secondary N) is 1. The maximum Gasteiger partial charge on any atom is 0.253 e. The van der Waals surface area contributed by atoms with Gasteiger partial charge in [0.15, 0.2) is 0 Å². The first kappa shape index (κ1) is 10.9. The quantitative estimate of drug-likeness (QED) is 0.797. The van der Waals surface area contributed by atoms with Crippen LogP contribution in [0.3, 0.4) is 0 Å². The molecule has 1 aliphatic rings. The first-order valence-electron chi connectivity index (χ1n) is 5.60. The summed E-state index contributed by atoms with van der Waals surface area (Å²) in [7, 11) is 0. The normalized spacial score (nSPS) is 24.3. The summed E-state index contributed by atoms with van der Waals surface area (Å²) in [6.07, 6.45) is 6.03. The number of aromatic hydroxyl groups is 1. The highest BCUT2D eigenvalue weighted by Gasteiger charge is 2.23. The van der Waals surface area contributed by atoms with Gasteiger partial charge >= 0.3 is 0 Å². The lowest BCUT2D eigenvalue weighted by Crippen LogP contribution is -2.32. The molecule has 1 aromatic heterocycles. The van der Waals surface area contributed by atoms with Crippen LogP contribution < -0.4 is 5.32 Å². The summed E-state index contributed by atoms with van der Waals surface area (Å²) in [5.41, 5.74) is 0.416. The van der Waals surface area contributed by atoms with Gasteiger partial charge in [-0.15, -0.1) is 0 Å². The lowest BCUT2D eigenvalue weighted by molar-refractivity contribution is 0.0936. The van der Waals surface area contributed by atoms with E-state index >= 15 is 0 Å². The zero-order valence-corrected chi connectivity index (χ0v) is 9.31. The Hall–Kier alpha value is -1.58. The van der Waals surface area contributed by atoms with Gasteiger partial charge in [-0.2, -0.15) is 0 Å². The van der Waals surface area contributed by atoms with Crippen LogP contribution in [-0.2, 0) is 0 Å². The Morgan fingerprint density at radius 3 is 2.94 bits per heavy atom. The highest BCUT2D eigenvalue weighted by atomic mass is 16.3. The molecule has 4 heteroatoms. The zero-order valence-electron chi connectivity index (χ0n) is 9.31. The molecular weight excluding hydrogens is 204 g/mol. The van der Waals surface area contributed by atoms with E-state index < -0.39 is 0 Å². The molecular formula is C12H16N2O2. The molecule has 1 aromatic rings. The molecule has 0 spiro atoms. The third-order valence-electron chi connectivity index (χ3n) is 3.02. The van der Waals surface area contributed by atoms with Crippen molar-refractivity contribution >= 4 is 5.91 Å². The average molecular weight is 220 g/mol. The molecule has 1 amide bonds. The highest BCUT2D eigenvalue weighted by molar-refractivity contribution is 5.94. The van der Waals surface area contributed by atoms with Gasteiger partial charge < -0.3 is 10.4 Å². The van der Waals surface area contributed by atoms with Crippen molar-refractivity contribution in [2.75, 3.05) is 0 Å². The first-order valence-corrected chi connectivity index (χ1v) is 5.60. The minimum Gasteiger partial charge on any atom is -0.506 e. The Kier molecular flexibility index (Phi) is 3.08. The fraction of sp³-hybridized carbons (Fsp3) is 0.500. The molecule has 16 heavy (non-hydrogen) atoms. The summed E-state index contributed by atoms with van der Waals surface area (Å²) in [5, 5.41) is 12.2. The Bertz CT molecular complexity index is 392. The van der Waals surface area contributed by atoms with Crippen LogP contribution in [0, 0.1) is 5.92 Å². The fourth-order valence-electron chi connectivity index (χ4n) is 2.16. The van der Waals surface area contributed by atoms with E-state index in [1.807, 2.05) is 0 Å². The molecule has 0 saturated heterocycles. The van der Waals surface area contributed by atoms with Crippen molar-refractivity contribution < 1.29 is 9.90 Å². The van der Waals surface area contributed by atoms with Gasteiger partial charge in [-0.3, -0.25) is 9.78 Å². The first-order chi connectivity index (χ1) is 7.65. The molecule has 2 unspecified atom stereocenters. The van der Waals surface area contributed by atoms with Crippen molar-refractivity contribution in [2.24, 2.45) is 5.92 Å². The summed E-state index contributed by atoms with van der Waals surface area (Å²) < 4.78 is 0. The van der Waals surface area contributed by atoms with Crippen LogP contribution in [0.15, 0.2) is 18.5 Å². The number of pyridine rings is 1. The van der Waals surface area contributed by atoms with Gasteiger partial charge in [0.25, 0.3) is 5.91 Å². The minimum atomic E-state index is -0.150. The molecule has 2 N–H and O–H groups in total. The van der Waals surface area contributed by atoms with Gasteiger partial charge in [0, 0.05) is 12.2 Å². The van der Waals surface area contributed by atoms with Gasteiger partial charge in [0.05, 0.1) is 11.8 Å². The maximum atomic E-state index is 11.8. The van der Waals surface area contributed by atoms with Crippen molar-refractivity contribution in [3.05, 3.63) is 24.0 Å². The van der Waals surface area contributed by atoms with Gasteiger partial charge in [0.1, 0.15) is 5.75 Å². The molecule has 4 nitrogen and oxygen atoms in total. The number of hydrogen-bond donors (Lipinski definition) is 2. The lowest BCUT2D eigenvalue weighted by Gasteiger charge is -2.12. The second-order valence-corrected chi connectivity index (χ2v) is 4.52. The molecule has 1 heterocycles. The molecule has 0 bridgehead atoms. The van der Waals surface area contributed by atoms with Gasteiger partial charge in [-0.1, -0.05) is 6.92 Å². The Labute approximate surface area is 94.7 Å². The Morgan fingerprint density at radius 1 is 1.50 bits per heavy atom. The van der Waals surface area contributed by atoms with Crippen LogP contribution in [0.5, 0.6) is 5.75 Å². The molecule has 0 aromatic carbocycles. The van der Waals surface area contributed by atoms with E-state index in [1.165, 1.54) is 24.9 Å². The molecule has 1 fully saturated rings. The predicted molar refractivity (Wildman–Crippen MR) is 60.2 cm³/mol. The van der Waals surface area contributed by atoms with Gasteiger partial charge in [-0.05, 0) is 31.2 Å². The molecule has 0 aliphatic heterocycles. The number of rotatable bonds is 2. The number of carbonyl (C=O) groups is 1. The third kappa shape index (κ3) is 2.51. The second kappa shape index (κ2) is 4.51. The monoisotopic (exact) mass is 220 g/mol. The van der Waals surface area contributed by atoms with Crippen molar-refractivity contribution in [3.63, 3.8) is 0 Å². The molecule has 2 rings (SSSR count). The number of hydrogen-bond acceptors (Lipinski definition) is 3. The number of aromatic nitrogens is 1. The van der Waals surface area contributed by atoms with Crippen molar-refractivity contribution in [3.8, 4) is 5.75 Å². The fourth-order valence-corrected chi connectivity index (χ4v) is 2.16. The van der Waals surface area contributed by atoms with Crippen LogP contribution in [-0.4, -0.2) is 22.0 Å². The Balaban J connectivity index is 1.98. The van der Waals surface area contributed by atoms with E-state index in [0.717, 1.165) is 12.8 Å². The number of nitrogens with zero attached hydrogens (tertiary/aromatic N) is 1. The summed E-state index contributed by atoms with van der Waals surface area (Å²) in [5.74, 6) is 0.558. The largest absolute Gasteiger partial charge is 0.506 e. The van der Waals surface area contributed by atoms with E-state index in [1.54, 1.807) is 0 Å². The molecule has 0 radical (unpaired) electrons. The van der Waals surface area contributed by atoms with Crippen LogP contribution in [0.25, 0.3) is 0 Å². The molecule has 2 atom stereocenters. The van der Waals surface area contributed by atoms with E-state index in [-0.39, 0.29) is 17.7 Å². The molecule has 1 aliphatic carbocycles. The molecule has 1 saturated carbocycles. The Morgan fingerprint density at radius 2 is 2.31 bits per heavy atom. The van der Waals surface area contributed by atoms with Gasteiger partial charge in [0.2, 0.25) is 0 Å². The van der Waals surface area contributed by atoms with E-state index in [2.05, 4.69) is 17.2 Å². The summed E-state index contributed by atoms with van der Waals surface area (Å²) in [6, 6.07) is 1.70. The van der Waals surface area contributed by atoms with Gasteiger partial charge in [-0.25, -0.2) is 0 Å². The third-order valence-corrected chi connectivity index (χ3v) is 3.02. The zero-order chi connectivity index (χ0) is 11.5. The van der Waals surface area contributed by atoms with Crippen LogP contribution in [0.1, 0.15) is 36.5 Å². The number of carbonyl (C=O) groups excluding carboxylic acids is 1. The predicted octanol–water partition coefficient (Wildman–Crippen LogP) is 1.71. The van der Waals surface area contributed by atoms with E-state index in [0.29, 0.717) is 11.5 Å². The molecule has 86 valence electrons. The van der Waals surface area contributed by atoms with Crippen molar-refractivity contribution in [2.45, 2.75) is 32.2 Å². The van der Waals surface area contributed by atoms with Crippen LogP contribution in [0.2, 0.25) is 0 Å². The maximum absolute atomic E-state index is 11.8. The van der Waals surface area contributed by atoms with Crippen molar-refractivity contribution in [1.82, 2.24) is 10.3 Å². The smallest absolute Gasteiger partial charge is 0.253 e.